The number of thioether (sulfide) groups is 1. The Hall–Kier alpha value is -0.220. The van der Waals surface area contributed by atoms with Crippen molar-refractivity contribution in [3.8, 4) is 0 Å². The molecule has 1 aliphatic carbocycles. The number of carbonyl (C=O) groups is 1. The normalized spacial score (nSPS) is 31.3. The monoisotopic (exact) mass is 285 g/mol. The molecule has 0 aromatic rings. The first-order valence-electron chi connectivity index (χ1n) is 7.82. The smallest absolute Gasteiger partial charge is 0.220 e. The second-order valence-electron chi connectivity index (χ2n) is 5.63. The molecular formula is C15H27NO2S. The molecule has 3 atom stereocenters. The van der Waals surface area contributed by atoms with Gasteiger partial charge in [-0.2, -0.15) is 11.8 Å². The zero-order chi connectivity index (χ0) is 13.5. The van der Waals surface area contributed by atoms with Crippen LogP contribution in [0.1, 0.15) is 58.3 Å². The molecule has 110 valence electrons. The summed E-state index contributed by atoms with van der Waals surface area (Å²) in [6, 6.07) is 0.399. The van der Waals surface area contributed by atoms with E-state index >= 15 is 0 Å². The van der Waals surface area contributed by atoms with Gasteiger partial charge in [0.05, 0.1) is 6.10 Å². The molecule has 0 spiro atoms. The maximum Gasteiger partial charge on any atom is 0.220 e. The maximum absolute atomic E-state index is 12.0. The van der Waals surface area contributed by atoms with Crippen LogP contribution < -0.4 is 5.32 Å². The number of hydrogen-bond donors (Lipinski definition) is 1. The second-order valence-corrected chi connectivity index (χ2v) is 7.14. The van der Waals surface area contributed by atoms with Gasteiger partial charge in [0.25, 0.3) is 0 Å². The third-order valence-electron chi connectivity index (χ3n) is 4.15. The first kappa shape index (κ1) is 15.2. The summed E-state index contributed by atoms with van der Waals surface area (Å²) < 4.78 is 5.57. The molecule has 1 heterocycles. The van der Waals surface area contributed by atoms with Gasteiger partial charge in [0.15, 0.2) is 0 Å². The molecule has 3 unspecified atom stereocenters. The Labute approximate surface area is 121 Å². The molecule has 2 rings (SSSR count). The first-order chi connectivity index (χ1) is 9.29. The second kappa shape index (κ2) is 8.15. The van der Waals surface area contributed by atoms with E-state index in [1.54, 1.807) is 0 Å². The van der Waals surface area contributed by atoms with Crippen molar-refractivity contribution in [1.29, 1.82) is 0 Å². The van der Waals surface area contributed by atoms with Gasteiger partial charge in [0, 0.05) is 24.3 Å². The molecule has 0 aromatic carbocycles. The van der Waals surface area contributed by atoms with Gasteiger partial charge in [-0.3, -0.25) is 4.79 Å². The number of amides is 1. The molecule has 3 nitrogen and oxygen atoms in total. The topological polar surface area (TPSA) is 38.3 Å². The van der Waals surface area contributed by atoms with Gasteiger partial charge in [-0.25, -0.2) is 0 Å². The van der Waals surface area contributed by atoms with Gasteiger partial charge in [-0.1, -0.05) is 19.8 Å². The Balaban J connectivity index is 1.69. The summed E-state index contributed by atoms with van der Waals surface area (Å²) >= 11 is 2.01. The number of ether oxygens (including phenoxy) is 1. The Morgan fingerprint density at radius 3 is 2.84 bits per heavy atom. The Kier molecular flexibility index (Phi) is 6.51. The summed E-state index contributed by atoms with van der Waals surface area (Å²) in [5.41, 5.74) is 0. The van der Waals surface area contributed by atoms with Crippen LogP contribution in [0, 0.1) is 0 Å². The number of rotatable bonds is 6. The van der Waals surface area contributed by atoms with Crippen LogP contribution in [0.25, 0.3) is 0 Å². The molecule has 1 saturated heterocycles. The summed E-state index contributed by atoms with van der Waals surface area (Å²) in [5.74, 6) is 1.37. The van der Waals surface area contributed by atoms with Crippen molar-refractivity contribution >= 4 is 17.7 Å². The highest BCUT2D eigenvalue weighted by Gasteiger charge is 2.26. The molecule has 1 N–H and O–H groups in total. The summed E-state index contributed by atoms with van der Waals surface area (Å²) in [7, 11) is 0. The minimum atomic E-state index is 0.226. The van der Waals surface area contributed by atoms with E-state index in [1.807, 2.05) is 11.8 Å². The van der Waals surface area contributed by atoms with Gasteiger partial charge in [-0.15, -0.1) is 0 Å². The van der Waals surface area contributed by atoms with Crippen LogP contribution in [0.2, 0.25) is 0 Å². The zero-order valence-corrected chi connectivity index (χ0v) is 12.8. The van der Waals surface area contributed by atoms with Crippen molar-refractivity contribution in [1.82, 2.24) is 5.32 Å². The van der Waals surface area contributed by atoms with E-state index in [-0.39, 0.29) is 5.91 Å². The van der Waals surface area contributed by atoms with Crippen LogP contribution in [0.4, 0.5) is 0 Å². The quantitative estimate of drug-likeness (QED) is 0.815. The van der Waals surface area contributed by atoms with E-state index in [1.165, 1.54) is 19.3 Å². The Morgan fingerprint density at radius 1 is 1.26 bits per heavy atom. The highest BCUT2D eigenvalue weighted by molar-refractivity contribution is 7.99. The molecule has 1 saturated carbocycles. The van der Waals surface area contributed by atoms with Gasteiger partial charge >= 0.3 is 0 Å². The lowest BCUT2D eigenvalue weighted by atomic mass is 9.94. The summed E-state index contributed by atoms with van der Waals surface area (Å²) in [5, 5.41) is 3.89. The van der Waals surface area contributed by atoms with Gasteiger partial charge in [-0.05, 0) is 37.9 Å². The molecule has 0 aromatic heterocycles. The van der Waals surface area contributed by atoms with Crippen LogP contribution in [0.15, 0.2) is 0 Å². The third kappa shape index (κ3) is 4.99. The molecule has 0 bridgehead atoms. The van der Waals surface area contributed by atoms with E-state index in [0.717, 1.165) is 38.0 Å². The van der Waals surface area contributed by atoms with Crippen LogP contribution in [-0.4, -0.2) is 35.7 Å². The van der Waals surface area contributed by atoms with Gasteiger partial charge < -0.3 is 10.1 Å². The van der Waals surface area contributed by atoms with Crippen molar-refractivity contribution in [3.63, 3.8) is 0 Å². The predicted molar refractivity (Wildman–Crippen MR) is 80.5 cm³/mol. The van der Waals surface area contributed by atoms with Crippen LogP contribution in [0.5, 0.6) is 0 Å². The lowest BCUT2D eigenvalue weighted by Gasteiger charge is -2.31. The van der Waals surface area contributed by atoms with Crippen molar-refractivity contribution in [3.05, 3.63) is 0 Å². The third-order valence-corrected chi connectivity index (χ3v) is 5.47. The lowest BCUT2D eigenvalue weighted by molar-refractivity contribution is -0.122. The van der Waals surface area contributed by atoms with E-state index in [4.69, 9.17) is 4.74 Å². The average molecular weight is 285 g/mol. The molecule has 2 aliphatic rings. The molecule has 2 fully saturated rings. The highest BCUT2D eigenvalue weighted by atomic mass is 32.2. The van der Waals surface area contributed by atoms with Crippen molar-refractivity contribution in [2.45, 2.75) is 75.7 Å². The maximum atomic E-state index is 12.0. The molecule has 19 heavy (non-hydrogen) atoms. The fourth-order valence-electron chi connectivity index (χ4n) is 3.12. The molecule has 0 radical (unpaired) electrons. The summed E-state index contributed by atoms with van der Waals surface area (Å²) in [6.07, 6.45) is 9.14. The Bertz CT molecular complexity index is 277. The summed E-state index contributed by atoms with van der Waals surface area (Å²) in [4.78, 5) is 12.0. The molecule has 1 amide bonds. The largest absolute Gasteiger partial charge is 0.378 e. The minimum Gasteiger partial charge on any atom is -0.378 e. The van der Waals surface area contributed by atoms with Crippen molar-refractivity contribution < 1.29 is 9.53 Å². The van der Waals surface area contributed by atoms with E-state index < -0.39 is 0 Å². The van der Waals surface area contributed by atoms with Crippen molar-refractivity contribution in [2.75, 3.05) is 12.4 Å². The fourth-order valence-corrected chi connectivity index (χ4v) is 4.32. The van der Waals surface area contributed by atoms with Crippen LogP contribution >= 0.6 is 11.8 Å². The summed E-state index contributed by atoms with van der Waals surface area (Å²) in [6.45, 7) is 3.08. The standard InChI is InChI=1S/C15H27NO2S/c1-2-19-14-8-4-3-7-13(14)16-15(17)10-9-12-6-5-11-18-12/h12-14H,2-11H2,1H3,(H,16,17). The van der Waals surface area contributed by atoms with E-state index in [2.05, 4.69) is 12.2 Å². The first-order valence-corrected chi connectivity index (χ1v) is 8.87. The molecule has 4 heteroatoms. The van der Waals surface area contributed by atoms with Gasteiger partial charge in [0.1, 0.15) is 0 Å². The number of carbonyl (C=O) groups excluding carboxylic acids is 1. The predicted octanol–water partition coefficient (Wildman–Crippen LogP) is 3.13. The van der Waals surface area contributed by atoms with Crippen LogP contribution in [0.3, 0.4) is 0 Å². The van der Waals surface area contributed by atoms with Crippen molar-refractivity contribution in [2.24, 2.45) is 0 Å². The highest BCUT2D eigenvalue weighted by Crippen LogP contribution is 2.28. The lowest BCUT2D eigenvalue weighted by Crippen LogP contribution is -2.44. The SMILES string of the molecule is CCSC1CCCCC1NC(=O)CCC1CCCO1. The fraction of sp³-hybridized carbons (Fsp3) is 0.933. The molecular weight excluding hydrogens is 258 g/mol. The number of nitrogens with one attached hydrogen (secondary N) is 1. The Morgan fingerprint density at radius 2 is 2.11 bits per heavy atom. The zero-order valence-electron chi connectivity index (χ0n) is 12.0. The minimum absolute atomic E-state index is 0.226. The van der Waals surface area contributed by atoms with E-state index in [9.17, 15) is 4.79 Å². The van der Waals surface area contributed by atoms with Gasteiger partial charge in [0.2, 0.25) is 5.91 Å². The average Bonchev–Trinajstić information content (AvgIpc) is 2.92. The number of hydrogen-bond acceptors (Lipinski definition) is 3. The molecule has 1 aliphatic heterocycles. The van der Waals surface area contributed by atoms with E-state index in [0.29, 0.717) is 23.8 Å². The van der Waals surface area contributed by atoms with Crippen LogP contribution in [-0.2, 0) is 9.53 Å².